The van der Waals surface area contributed by atoms with E-state index in [0.29, 0.717) is 10.8 Å². The molecule has 0 unspecified atom stereocenters. The van der Waals surface area contributed by atoms with E-state index >= 15 is 0 Å². The van der Waals surface area contributed by atoms with Crippen LogP contribution in [-0.2, 0) is 0 Å². The van der Waals surface area contributed by atoms with Gasteiger partial charge in [-0.25, -0.2) is 9.97 Å². The van der Waals surface area contributed by atoms with Crippen molar-refractivity contribution in [1.82, 2.24) is 9.97 Å². The van der Waals surface area contributed by atoms with E-state index in [-0.39, 0.29) is 0 Å². The third-order valence-corrected chi connectivity index (χ3v) is 3.61. The molecular weight excluding hydrogens is 282 g/mol. The molecule has 0 aliphatic carbocycles. The van der Waals surface area contributed by atoms with Gasteiger partial charge < -0.3 is 5.32 Å². The number of aryl methyl sites for hydroxylation is 2. The third-order valence-electron chi connectivity index (χ3n) is 3.38. The van der Waals surface area contributed by atoms with Crippen molar-refractivity contribution in [1.29, 1.82) is 0 Å². The Morgan fingerprint density at radius 3 is 2.33 bits per heavy atom. The van der Waals surface area contributed by atoms with Gasteiger partial charge in [0.15, 0.2) is 5.82 Å². The lowest BCUT2D eigenvalue weighted by atomic mass is 10.1. The number of hydrogen-bond donors (Lipinski definition) is 1. The Morgan fingerprint density at radius 2 is 1.67 bits per heavy atom. The molecule has 106 valence electrons. The lowest BCUT2D eigenvalue weighted by Gasteiger charge is -2.09. The second-order valence-electron chi connectivity index (χ2n) is 5.18. The van der Waals surface area contributed by atoms with Gasteiger partial charge in [-0.3, -0.25) is 0 Å². The van der Waals surface area contributed by atoms with Gasteiger partial charge in [-0.1, -0.05) is 28.8 Å². The van der Waals surface area contributed by atoms with Crippen LogP contribution in [0.1, 0.15) is 11.1 Å². The summed E-state index contributed by atoms with van der Waals surface area (Å²) >= 11 is 6.08. The minimum Gasteiger partial charge on any atom is -0.373 e. The average molecular weight is 298 g/mol. The molecule has 0 aliphatic rings. The monoisotopic (exact) mass is 297 g/mol. The van der Waals surface area contributed by atoms with E-state index in [9.17, 15) is 0 Å². The zero-order chi connectivity index (χ0) is 15.0. The van der Waals surface area contributed by atoms with Crippen LogP contribution in [0.5, 0.6) is 0 Å². The second-order valence-corrected chi connectivity index (χ2v) is 5.62. The summed E-state index contributed by atoms with van der Waals surface area (Å²) in [6.07, 6.45) is 0. The first-order valence-corrected chi connectivity index (χ1v) is 7.18. The van der Waals surface area contributed by atoms with Crippen molar-refractivity contribution >= 4 is 28.3 Å². The Hall–Kier alpha value is -2.13. The maximum atomic E-state index is 6.08. The topological polar surface area (TPSA) is 37.8 Å². The van der Waals surface area contributed by atoms with Crippen molar-refractivity contribution in [2.45, 2.75) is 13.8 Å². The predicted octanol–water partition coefficient (Wildman–Crippen LogP) is 4.61. The molecule has 1 aromatic heterocycles. The van der Waals surface area contributed by atoms with Crippen molar-refractivity contribution in [3.63, 3.8) is 0 Å². The van der Waals surface area contributed by atoms with Gasteiger partial charge in [-0.2, -0.15) is 0 Å². The van der Waals surface area contributed by atoms with Crippen LogP contribution in [-0.4, -0.2) is 17.0 Å². The molecule has 0 bridgehead atoms. The predicted molar refractivity (Wildman–Crippen MR) is 89.0 cm³/mol. The second kappa shape index (κ2) is 5.34. The van der Waals surface area contributed by atoms with E-state index < -0.39 is 0 Å². The Kier molecular flexibility index (Phi) is 3.52. The zero-order valence-electron chi connectivity index (χ0n) is 12.2. The summed E-state index contributed by atoms with van der Waals surface area (Å²) in [6, 6.07) is 12.0. The van der Waals surface area contributed by atoms with Crippen LogP contribution in [0.25, 0.3) is 22.3 Å². The largest absolute Gasteiger partial charge is 0.373 e. The van der Waals surface area contributed by atoms with E-state index in [1.807, 2.05) is 25.2 Å². The lowest BCUT2D eigenvalue weighted by molar-refractivity contribution is 1.21. The van der Waals surface area contributed by atoms with E-state index in [2.05, 4.69) is 47.3 Å². The fraction of sp³-hybridized carbons (Fsp3) is 0.176. The van der Waals surface area contributed by atoms with Gasteiger partial charge in [-0.05, 0) is 44.2 Å². The van der Waals surface area contributed by atoms with Crippen molar-refractivity contribution in [3.05, 3.63) is 52.5 Å². The van der Waals surface area contributed by atoms with Crippen molar-refractivity contribution in [3.8, 4) is 11.4 Å². The fourth-order valence-corrected chi connectivity index (χ4v) is 2.69. The highest BCUT2D eigenvalue weighted by atomic mass is 35.5. The molecule has 1 heterocycles. The van der Waals surface area contributed by atoms with E-state index in [0.717, 1.165) is 22.3 Å². The summed E-state index contributed by atoms with van der Waals surface area (Å²) < 4.78 is 0. The molecule has 0 aliphatic heterocycles. The summed E-state index contributed by atoms with van der Waals surface area (Å²) in [5, 5.41) is 4.78. The van der Waals surface area contributed by atoms with Crippen molar-refractivity contribution < 1.29 is 0 Å². The van der Waals surface area contributed by atoms with Gasteiger partial charge in [-0.15, -0.1) is 0 Å². The molecule has 3 aromatic rings. The van der Waals surface area contributed by atoms with Crippen molar-refractivity contribution in [2.24, 2.45) is 0 Å². The van der Waals surface area contributed by atoms with Crippen LogP contribution in [0.3, 0.4) is 0 Å². The smallest absolute Gasteiger partial charge is 0.162 e. The van der Waals surface area contributed by atoms with E-state index in [1.54, 1.807) is 0 Å². The number of anilines is 1. The minimum atomic E-state index is 0.676. The van der Waals surface area contributed by atoms with E-state index in [4.69, 9.17) is 11.6 Å². The van der Waals surface area contributed by atoms with E-state index in [1.165, 1.54) is 11.1 Å². The molecule has 4 heteroatoms. The number of nitrogens with zero attached hydrogens (tertiary/aromatic N) is 2. The molecule has 0 saturated heterocycles. The summed E-state index contributed by atoms with van der Waals surface area (Å²) in [5.74, 6) is 1.52. The number of hydrogen-bond acceptors (Lipinski definition) is 3. The molecule has 0 fully saturated rings. The molecule has 0 radical (unpaired) electrons. The molecule has 0 saturated carbocycles. The Labute approximate surface area is 129 Å². The highest BCUT2D eigenvalue weighted by molar-refractivity contribution is 6.31. The molecule has 2 aromatic carbocycles. The highest BCUT2D eigenvalue weighted by Gasteiger charge is 2.09. The molecule has 3 nitrogen and oxygen atoms in total. The van der Waals surface area contributed by atoms with Gasteiger partial charge in [0.2, 0.25) is 0 Å². The number of halogens is 1. The van der Waals surface area contributed by atoms with Crippen LogP contribution in [0.15, 0.2) is 36.4 Å². The van der Waals surface area contributed by atoms with Crippen molar-refractivity contribution in [2.75, 3.05) is 12.4 Å². The van der Waals surface area contributed by atoms with Crippen LogP contribution < -0.4 is 5.32 Å². The van der Waals surface area contributed by atoms with Gasteiger partial charge >= 0.3 is 0 Å². The minimum absolute atomic E-state index is 0.676. The van der Waals surface area contributed by atoms with Gasteiger partial charge in [0.1, 0.15) is 5.82 Å². The summed E-state index contributed by atoms with van der Waals surface area (Å²) in [4.78, 5) is 9.30. The zero-order valence-corrected chi connectivity index (χ0v) is 13.0. The number of benzene rings is 2. The van der Waals surface area contributed by atoms with Gasteiger partial charge in [0.25, 0.3) is 0 Å². The fourth-order valence-electron chi connectivity index (χ4n) is 2.53. The molecule has 0 atom stereocenters. The summed E-state index contributed by atoms with van der Waals surface area (Å²) in [7, 11) is 1.86. The lowest BCUT2D eigenvalue weighted by Crippen LogP contribution is -1.99. The number of nitrogens with one attached hydrogen (secondary N) is 1. The third kappa shape index (κ3) is 2.69. The Bertz CT molecular complexity index is 807. The standard InChI is InChI=1S/C17H16ClN3/c1-10-6-11(2)8-12(7-10)16-20-15-9-13(18)4-5-14(15)17(19-3)21-16/h4-9H,1-3H3,(H,19,20,21). The first-order chi connectivity index (χ1) is 10.1. The molecule has 1 N–H and O–H groups in total. The Morgan fingerprint density at radius 1 is 0.952 bits per heavy atom. The first-order valence-electron chi connectivity index (χ1n) is 6.80. The number of rotatable bonds is 2. The normalized spacial score (nSPS) is 10.9. The quantitative estimate of drug-likeness (QED) is 0.750. The highest BCUT2D eigenvalue weighted by Crippen LogP contribution is 2.27. The summed E-state index contributed by atoms with van der Waals surface area (Å²) in [6.45, 7) is 4.15. The van der Waals surface area contributed by atoms with Crippen LogP contribution in [0.2, 0.25) is 5.02 Å². The SMILES string of the molecule is CNc1nc(-c2cc(C)cc(C)c2)nc2cc(Cl)ccc12. The molecule has 21 heavy (non-hydrogen) atoms. The first kappa shape index (κ1) is 13.8. The average Bonchev–Trinajstić information content (AvgIpc) is 2.44. The maximum absolute atomic E-state index is 6.08. The van der Waals surface area contributed by atoms with Crippen LogP contribution >= 0.6 is 11.6 Å². The number of aromatic nitrogens is 2. The van der Waals surface area contributed by atoms with Gasteiger partial charge in [0.05, 0.1) is 5.52 Å². The maximum Gasteiger partial charge on any atom is 0.162 e. The molecule has 0 spiro atoms. The molecule has 3 rings (SSSR count). The van der Waals surface area contributed by atoms with Crippen LogP contribution in [0, 0.1) is 13.8 Å². The molecule has 0 amide bonds. The number of fused-ring (bicyclic) bond motifs is 1. The summed E-state index contributed by atoms with van der Waals surface area (Å²) in [5.41, 5.74) is 4.26. The van der Waals surface area contributed by atoms with Gasteiger partial charge in [0, 0.05) is 23.0 Å². The molecular formula is C17H16ClN3. The van der Waals surface area contributed by atoms with Crippen LogP contribution in [0.4, 0.5) is 5.82 Å². The Balaban J connectivity index is 2.27.